The second kappa shape index (κ2) is 4.30. The van der Waals surface area contributed by atoms with Crippen molar-refractivity contribution in [2.24, 2.45) is 0 Å². The summed E-state index contributed by atoms with van der Waals surface area (Å²) in [5.74, 6) is 0.385. The molecule has 1 rings (SSSR count). The van der Waals surface area contributed by atoms with Crippen molar-refractivity contribution in [3.63, 3.8) is 0 Å². The molecular formula is C10H18N2O. The number of hydrogen-bond acceptors (Lipinski definition) is 2. The molecule has 0 aromatic carbocycles. The highest BCUT2D eigenvalue weighted by atomic mass is 16.3. The monoisotopic (exact) mass is 182 g/mol. The first kappa shape index (κ1) is 10.1. The van der Waals surface area contributed by atoms with Gasteiger partial charge in [-0.25, -0.2) is 0 Å². The van der Waals surface area contributed by atoms with Gasteiger partial charge in [0.15, 0.2) is 5.75 Å². The zero-order valence-electron chi connectivity index (χ0n) is 8.67. The van der Waals surface area contributed by atoms with Gasteiger partial charge in [-0.15, -0.1) is 0 Å². The third-order valence-electron chi connectivity index (χ3n) is 2.17. The van der Waals surface area contributed by atoms with Gasteiger partial charge in [0, 0.05) is 6.54 Å². The number of aromatic hydroxyl groups is 1. The van der Waals surface area contributed by atoms with Crippen LogP contribution in [0.2, 0.25) is 0 Å². The molecule has 0 amide bonds. The molecule has 0 bridgehead atoms. The van der Waals surface area contributed by atoms with Crippen molar-refractivity contribution >= 4 is 0 Å². The fourth-order valence-corrected chi connectivity index (χ4v) is 1.43. The largest absolute Gasteiger partial charge is 0.504 e. The van der Waals surface area contributed by atoms with E-state index in [-0.39, 0.29) is 0 Å². The van der Waals surface area contributed by atoms with Gasteiger partial charge in [-0.3, -0.25) is 4.68 Å². The third-order valence-corrected chi connectivity index (χ3v) is 2.17. The number of aryl methyl sites for hydroxylation is 2. The van der Waals surface area contributed by atoms with E-state index in [9.17, 15) is 5.11 Å². The van der Waals surface area contributed by atoms with E-state index in [0.29, 0.717) is 5.75 Å². The van der Waals surface area contributed by atoms with Gasteiger partial charge >= 0.3 is 0 Å². The number of hydrogen-bond donors (Lipinski definition) is 1. The van der Waals surface area contributed by atoms with Gasteiger partial charge in [-0.1, -0.05) is 20.3 Å². The van der Waals surface area contributed by atoms with Gasteiger partial charge in [-0.2, -0.15) is 5.10 Å². The Kier molecular flexibility index (Phi) is 3.34. The first-order chi connectivity index (χ1) is 6.20. The fraction of sp³-hybridized carbons (Fsp3) is 0.700. The highest BCUT2D eigenvalue weighted by Crippen LogP contribution is 2.22. The summed E-state index contributed by atoms with van der Waals surface area (Å²) in [6, 6.07) is 0. The molecule has 0 saturated heterocycles. The van der Waals surface area contributed by atoms with E-state index in [0.717, 1.165) is 37.2 Å². The van der Waals surface area contributed by atoms with Crippen LogP contribution >= 0.6 is 0 Å². The Morgan fingerprint density at radius 1 is 1.31 bits per heavy atom. The molecular weight excluding hydrogens is 164 g/mol. The van der Waals surface area contributed by atoms with Gasteiger partial charge < -0.3 is 5.11 Å². The minimum Gasteiger partial charge on any atom is -0.504 e. The molecule has 0 fully saturated rings. The maximum Gasteiger partial charge on any atom is 0.159 e. The highest BCUT2D eigenvalue weighted by Gasteiger charge is 2.11. The molecule has 0 radical (unpaired) electrons. The van der Waals surface area contributed by atoms with Crippen LogP contribution in [0.1, 0.15) is 38.1 Å². The van der Waals surface area contributed by atoms with Crippen molar-refractivity contribution in [3.05, 3.63) is 11.4 Å². The van der Waals surface area contributed by atoms with Gasteiger partial charge in [0.05, 0.1) is 5.69 Å². The summed E-state index contributed by atoms with van der Waals surface area (Å²) >= 11 is 0. The Morgan fingerprint density at radius 2 is 2.00 bits per heavy atom. The minimum atomic E-state index is 0.385. The first-order valence-corrected chi connectivity index (χ1v) is 4.95. The molecule has 0 unspecified atom stereocenters. The van der Waals surface area contributed by atoms with Crippen molar-refractivity contribution < 1.29 is 5.11 Å². The second-order valence-corrected chi connectivity index (χ2v) is 3.35. The van der Waals surface area contributed by atoms with Crippen molar-refractivity contribution in [2.45, 2.75) is 46.6 Å². The lowest BCUT2D eigenvalue weighted by Crippen LogP contribution is -2.01. The van der Waals surface area contributed by atoms with E-state index in [1.807, 2.05) is 11.6 Å². The molecule has 0 aliphatic carbocycles. The maximum absolute atomic E-state index is 9.69. The van der Waals surface area contributed by atoms with E-state index in [4.69, 9.17) is 0 Å². The molecule has 0 atom stereocenters. The van der Waals surface area contributed by atoms with Crippen LogP contribution in [-0.4, -0.2) is 14.9 Å². The summed E-state index contributed by atoms with van der Waals surface area (Å²) in [6.45, 7) is 7.01. The summed E-state index contributed by atoms with van der Waals surface area (Å²) in [4.78, 5) is 0. The van der Waals surface area contributed by atoms with Crippen molar-refractivity contribution in [1.29, 1.82) is 0 Å². The van der Waals surface area contributed by atoms with Gasteiger partial charge in [0.1, 0.15) is 5.69 Å². The summed E-state index contributed by atoms with van der Waals surface area (Å²) in [6.07, 6.45) is 2.94. The van der Waals surface area contributed by atoms with Crippen LogP contribution in [-0.2, 0) is 13.0 Å². The van der Waals surface area contributed by atoms with Crippen molar-refractivity contribution in [3.8, 4) is 5.75 Å². The maximum atomic E-state index is 9.69. The predicted molar refractivity (Wildman–Crippen MR) is 52.9 cm³/mol. The van der Waals surface area contributed by atoms with Gasteiger partial charge in [-0.05, 0) is 19.8 Å². The lowest BCUT2D eigenvalue weighted by atomic mass is 10.2. The Labute approximate surface area is 79.4 Å². The van der Waals surface area contributed by atoms with E-state index >= 15 is 0 Å². The van der Waals surface area contributed by atoms with Crippen LogP contribution in [0.5, 0.6) is 5.75 Å². The lowest BCUT2D eigenvalue weighted by molar-refractivity contribution is 0.461. The van der Waals surface area contributed by atoms with Crippen LogP contribution in [0, 0.1) is 6.92 Å². The Balaban J connectivity index is 2.90. The summed E-state index contributed by atoms with van der Waals surface area (Å²) < 4.78 is 1.89. The van der Waals surface area contributed by atoms with Crippen LogP contribution in [0.3, 0.4) is 0 Å². The molecule has 3 heteroatoms. The van der Waals surface area contributed by atoms with Crippen LogP contribution in [0.15, 0.2) is 0 Å². The molecule has 0 aliphatic heterocycles. The Morgan fingerprint density at radius 3 is 2.54 bits per heavy atom. The first-order valence-electron chi connectivity index (χ1n) is 4.95. The summed E-state index contributed by atoms with van der Waals surface area (Å²) in [5, 5.41) is 14.0. The molecule has 3 nitrogen and oxygen atoms in total. The standard InChI is InChI=1S/C10H18N2O/c1-4-6-9-10(13)8(3)12(11-9)7-5-2/h13H,4-7H2,1-3H3. The molecule has 13 heavy (non-hydrogen) atoms. The molecule has 1 aromatic heterocycles. The van der Waals surface area contributed by atoms with Gasteiger partial charge in [0.25, 0.3) is 0 Å². The van der Waals surface area contributed by atoms with Crippen LogP contribution in [0.4, 0.5) is 0 Å². The van der Waals surface area contributed by atoms with E-state index in [1.54, 1.807) is 0 Å². The average molecular weight is 182 g/mol. The van der Waals surface area contributed by atoms with Crippen molar-refractivity contribution in [2.75, 3.05) is 0 Å². The smallest absolute Gasteiger partial charge is 0.159 e. The molecule has 0 spiro atoms. The average Bonchev–Trinajstić information content (AvgIpc) is 2.36. The number of nitrogens with zero attached hydrogens (tertiary/aromatic N) is 2. The topological polar surface area (TPSA) is 38.0 Å². The molecule has 0 saturated carbocycles. The van der Waals surface area contributed by atoms with E-state index in [2.05, 4.69) is 18.9 Å². The highest BCUT2D eigenvalue weighted by molar-refractivity contribution is 5.31. The normalized spacial score (nSPS) is 10.7. The SMILES string of the molecule is CCCc1nn(CCC)c(C)c1O. The third kappa shape index (κ3) is 2.02. The lowest BCUT2D eigenvalue weighted by Gasteiger charge is -1.99. The molecule has 1 N–H and O–H groups in total. The Hall–Kier alpha value is -0.990. The predicted octanol–water partition coefficient (Wildman–Crippen LogP) is 2.26. The Bertz CT molecular complexity index is 252. The summed E-state index contributed by atoms with van der Waals surface area (Å²) in [5.41, 5.74) is 1.73. The number of rotatable bonds is 4. The van der Waals surface area contributed by atoms with Crippen LogP contribution < -0.4 is 0 Å². The molecule has 74 valence electrons. The van der Waals surface area contributed by atoms with Crippen LogP contribution in [0.25, 0.3) is 0 Å². The molecule has 1 aromatic rings. The minimum absolute atomic E-state index is 0.385. The van der Waals surface area contributed by atoms with Crippen molar-refractivity contribution in [1.82, 2.24) is 9.78 Å². The molecule has 1 heterocycles. The van der Waals surface area contributed by atoms with Gasteiger partial charge in [0.2, 0.25) is 0 Å². The van der Waals surface area contributed by atoms with E-state index < -0.39 is 0 Å². The zero-order valence-corrected chi connectivity index (χ0v) is 8.67. The quantitative estimate of drug-likeness (QED) is 0.775. The zero-order chi connectivity index (χ0) is 9.84. The fourth-order valence-electron chi connectivity index (χ4n) is 1.43. The van der Waals surface area contributed by atoms with E-state index in [1.165, 1.54) is 0 Å². The second-order valence-electron chi connectivity index (χ2n) is 3.35. The summed E-state index contributed by atoms with van der Waals surface area (Å²) in [7, 11) is 0. The molecule has 0 aliphatic rings. The number of aromatic nitrogens is 2.